The zero-order valence-corrected chi connectivity index (χ0v) is 12.4. The zero-order chi connectivity index (χ0) is 14.4. The maximum absolute atomic E-state index is 11.6. The first-order valence-corrected chi connectivity index (χ1v) is 7.31. The lowest BCUT2D eigenvalue weighted by atomic mass is 10.3. The predicted molar refractivity (Wildman–Crippen MR) is 77.5 cm³/mol. The molecule has 0 saturated heterocycles. The van der Waals surface area contributed by atoms with Crippen molar-refractivity contribution in [2.75, 3.05) is 27.2 Å². The van der Waals surface area contributed by atoms with E-state index in [9.17, 15) is 4.79 Å². The second kappa shape index (κ2) is 7.16. The van der Waals surface area contributed by atoms with Crippen LogP contribution in [0.25, 0.3) is 10.7 Å². The SMILES string of the molecule is CN(C)CCNC(=O)CCc1nc(-c2cccs2)no1. The number of amides is 1. The van der Waals surface area contributed by atoms with Gasteiger partial charge in [-0.3, -0.25) is 4.79 Å². The molecule has 0 aromatic carbocycles. The third kappa shape index (κ3) is 4.43. The maximum atomic E-state index is 11.6. The van der Waals surface area contributed by atoms with Crippen LogP contribution in [0.4, 0.5) is 0 Å². The van der Waals surface area contributed by atoms with Crippen LogP contribution < -0.4 is 5.32 Å². The van der Waals surface area contributed by atoms with Crippen molar-refractivity contribution < 1.29 is 9.32 Å². The topological polar surface area (TPSA) is 71.3 Å². The van der Waals surface area contributed by atoms with Gasteiger partial charge in [0, 0.05) is 25.9 Å². The molecule has 0 spiro atoms. The van der Waals surface area contributed by atoms with Crippen molar-refractivity contribution in [2.24, 2.45) is 0 Å². The number of aromatic nitrogens is 2. The molecule has 0 unspecified atom stereocenters. The van der Waals surface area contributed by atoms with Crippen LogP contribution in [0.15, 0.2) is 22.0 Å². The minimum absolute atomic E-state index is 0.00252. The summed E-state index contributed by atoms with van der Waals surface area (Å²) in [4.78, 5) is 18.9. The van der Waals surface area contributed by atoms with Gasteiger partial charge in [-0.2, -0.15) is 4.98 Å². The number of nitrogens with zero attached hydrogens (tertiary/aromatic N) is 3. The number of rotatable bonds is 7. The van der Waals surface area contributed by atoms with Crippen LogP contribution in [0.2, 0.25) is 0 Å². The second-order valence-corrected chi connectivity index (χ2v) is 5.59. The molecule has 7 heteroatoms. The quantitative estimate of drug-likeness (QED) is 0.836. The molecule has 108 valence electrons. The Balaban J connectivity index is 1.75. The fraction of sp³-hybridized carbons (Fsp3) is 0.462. The van der Waals surface area contributed by atoms with E-state index in [2.05, 4.69) is 15.5 Å². The molecule has 0 aliphatic heterocycles. The Morgan fingerprint density at radius 2 is 2.35 bits per heavy atom. The summed E-state index contributed by atoms with van der Waals surface area (Å²) in [5, 5.41) is 8.72. The van der Waals surface area contributed by atoms with Crippen LogP contribution in [-0.4, -0.2) is 48.1 Å². The molecule has 2 rings (SSSR count). The van der Waals surface area contributed by atoms with Gasteiger partial charge in [-0.15, -0.1) is 11.3 Å². The molecular weight excluding hydrogens is 276 g/mol. The average molecular weight is 294 g/mol. The first kappa shape index (κ1) is 14.7. The predicted octanol–water partition coefficient (Wildman–Crippen LogP) is 1.41. The van der Waals surface area contributed by atoms with Crippen molar-refractivity contribution in [1.82, 2.24) is 20.4 Å². The molecule has 0 atom stereocenters. The van der Waals surface area contributed by atoms with Gasteiger partial charge in [0.05, 0.1) is 4.88 Å². The zero-order valence-electron chi connectivity index (χ0n) is 11.6. The summed E-state index contributed by atoms with van der Waals surface area (Å²) in [6.07, 6.45) is 0.825. The fourth-order valence-electron chi connectivity index (χ4n) is 1.59. The van der Waals surface area contributed by atoms with E-state index in [0.29, 0.717) is 31.1 Å². The smallest absolute Gasteiger partial charge is 0.227 e. The molecule has 0 aliphatic carbocycles. The molecule has 2 heterocycles. The lowest BCUT2D eigenvalue weighted by molar-refractivity contribution is -0.121. The minimum atomic E-state index is 0.00252. The van der Waals surface area contributed by atoms with Crippen LogP contribution in [-0.2, 0) is 11.2 Å². The van der Waals surface area contributed by atoms with Crippen molar-refractivity contribution >= 4 is 17.2 Å². The highest BCUT2D eigenvalue weighted by atomic mass is 32.1. The molecule has 0 saturated carbocycles. The van der Waals surface area contributed by atoms with Gasteiger partial charge in [0.25, 0.3) is 0 Å². The number of thiophene rings is 1. The first-order chi connectivity index (χ1) is 9.65. The number of aryl methyl sites for hydroxylation is 1. The Labute approximate surface area is 121 Å². The summed E-state index contributed by atoms with van der Waals surface area (Å²) in [5.41, 5.74) is 0. The molecule has 0 bridgehead atoms. The monoisotopic (exact) mass is 294 g/mol. The van der Waals surface area contributed by atoms with E-state index in [1.165, 1.54) is 0 Å². The lowest BCUT2D eigenvalue weighted by Gasteiger charge is -2.09. The summed E-state index contributed by atoms with van der Waals surface area (Å²) in [5.74, 6) is 1.09. The Kier molecular flexibility index (Phi) is 5.25. The van der Waals surface area contributed by atoms with Crippen LogP contribution in [0, 0.1) is 0 Å². The van der Waals surface area contributed by atoms with Crippen molar-refractivity contribution in [2.45, 2.75) is 12.8 Å². The van der Waals surface area contributed by atoms with Gasteiger partial charge in [0.15, 0.2) is 0 Å². The number of carbonyl (C=O) groups is 1. The summed E-state index contributed by atoms with van der Waals surface area (Å²) in [6.45, 7) is 1.48. The molecule has 0 aliphatic rings. The van der Waals surface area contributed by atoms with Crippen LogP contribution in [0.5, 0.6) is 0 Å². The Bertz CT molecular complexity index is 536. The van der Waals surface area contributed by atoms with Crippen molar-refractivity contribution in [1.29, 1.82) is 0 Å². The highest BCUT2D eigenvalue weighted by Crippen LogP contribution is 2.21. The Morgan fingerprint density at radius 1 is 1.50 bits per heavy atom. The average Bonchev–Trinajstić information content (AvgIpc) is 3.06. The highest BCUT2D eigenvalue weighted by Gasteiger charge is 2.11. The Hall–Kier alpha value is -1.73. The van der Waals surface area contributed by atoms with E-state index in [1.807, 2.05) is 36.5 Å². The third-order valence-corrected chi connectivity index (χ3v) is 3.52. The summed E-state index contributed by atoms with van der Waals surface area (Å²) < 4.78 is 5.14. The molecule has 2 aromatic heterocycles. The largest absolute Gasteiger partial charge is 0.355 e. The molecule has 1 N–H and O–H groups in total. The second-order valence-electron chi connectivity index (χ2n) is 4.64. The van der Waals surface area contributed by atoms with Crippen LogP contribution in [0.1, 0.15) is 12.3 Å². The van der Waals surface area contributed by atoms with Gasteiger partial charge < -0.3 is 14.7 Å². The van der Waals surface area contributed by atoms with E-state index in [0.717, 1.165) is 11.4 Å². The number of hydrogen-bond acceptors (Lipinski definition) is 6. The van der Waals surface area contributed by atoms with E-state index in [1.54, 1.807) is 11.3 Å². The lowest BCUT2D eigenvalue weighted by Crippen LogP contribution is -2.31. The van der Waals surface area contributed by atoms with Gasteiger partial charge >= 0.3 is 0 Å². The van der Waals surface area contributed by atoms with Crippen molar-refractivity contribution in [3.05, 3.63) is 23.4 Å². The molecule has 20 heavy (non-hydrogen) atoms. The van der Waals surface area contributed by atoms with Crippen LogP contribution in [0.3, 0.4) is 0 Å². The van der Waals surface area contributed by atoms with Gasteiger partial charge in [0.2, 0.25) is 17.6 Å². The molecule has 0 radical (unpaired) electrons. The van der Waals surface area contributed by atoms with Gasteiger partial charge in [-0.05, 0) is 25.5 Å². The van der Waals surface area contributed by atoms with Crippen LogP contribution >= 0.6 is 11.3 Å². The Morgan fingerprint density at radius 3 is 3.05 bits per heavy atom. The molecule has 0 fully saturated rings. The minimum Gasteiger partial charge on any atom is -0.355 e. The number of nitrogens with one attached hydrogen (secondary N) is 1. The maximum Gasteiger partial charge on any atom is 0.227 e. The number of hydrogen-bond donors (Lipinski definition) is 1. The highest BCUT2D eigenvalue weighted by molar-refractivity contribution is 7.13. The fourth-order valence-corrected chi connectivity index (χ4v) is 2.24. The number of likely N-dealkylation sites (N-methyl/N-ethyl adjacent to an activating group) is 1. The van der Waals surface area contributed by atoms with Gasteiger partial charge in [0.1, 0.15) is 0 Å². The molecule has 1 amide bonds. The number of carbonyl (C=O) groups excluding carboxylic acids is 1. The van der Waals surface area contributed by atoms with E-state index >= 15 is 0 Å². The van der Waals surface area contributed by atoms with Crippen molar-refractivity contribution in [3.63, 3.8) is 0 Å². The van der Waals surface area contributed by atoms with E-state index in [4.69, 9.17) is 4.52 Å². The third-order valence-electron chi connectivity index (χ3n) is 2.66. The van der Waals surface area contributed by atoms with Gasteiger partial charge in [-0.1, -0.05) is 11.2 Å². The summed E-state index contributed by atoms with van der Waals surface area (Å²) in [7, 11) is 3.94. The van der Waals surface area contributed by atoms with E-state index < -0.39 is 0 Å². The molecule has 2 aromatic rings. The first-order valence-electron chi connectivity index (χ1n) is 6.43. The van der Waals surface area contributed by atoms with Crippen molar-refractivity contribution in [3.8, 4) is 10.7 Å². The normalized spacial score (nSPS) is 10.9. The summed E-state index contributed by atoms with van der Waals surface area (Å²) in [6, 6.07) is 3.88. The molecular formula is C13H18N4O2S. The summed E-state index contributed by atoms with van der Waals surface area (Å²) >= 11 is 1.56. The standard InChI is InChI=1S/C13H18N4O2S/c1-17(2)8-7-14-11(18)5-6-12-15-13(16-19-12)10-4-3-9-20-10/h3-4,9H,5-8H2,1-2H3,(H,14,18). The van der Waals surface area contributed by atoms with E-state index in [-0.39, 0.29) is 5.91 Å². The molecule has 6 nitrogen and oxygen atoms in total. The van der Waals surface area contributed by atoms with Gasteiger partial charge in [-0.25, -0.2) is 0 Å².